The van der Waals surface area contributed by atoms with E-state index in [0.29, 0.717) is 19.6 Å². The second kappa shape index (κ2) is 7.46. The molecule has 2 saturated heterocycles. The third-order valence-corrected chi connectivity index (χ3v) is 5.97. The van der Waals surface area contributed by atoms with Gasteiger partial charge in [-0.15, -0.1) is 0 Å². The van der Waals surface area contributed by atoms with Crippen LogP contribution in [-0.2, 0) is 4.79 Å². The van der Waals surface area contributed by atoms with Crippen molar-refractivity contribution in [3.8, 4) is 5.75 Å². The fourth-order valence-corrected chi connectivity index (χ4v) is 4.60. The zero-order chi connectivity index (χ0) is 20.7. The number of methoxy groups -OCH3 is 1. The Morgan fingerprint density at radius 1 is 1.03 bits per heavy atom. The molecule has 0 saturated carbocycles. The first-order valence-electron chi connectivity index (χ1n) is 9.54. The van der Waals surface area contributed by atoms with Crippen LogP contribution < -0.4 is 4.74 Å². The van der Waals surface area contributed by atoms with Gasteiger partial charge >= 0.3 is 0 Å². The number of benzene rings is 2. The predicted molar refractivity (Wildman–Crippen MR) is 102 cm³/mol. The number of halogens is 2. The predicted octanol–water partition coefficient (Wildman–Crippen LogP) is 3.27. The molecule has 0 N–H and O–H groups in total. The Morgan fingerprint density at radius 2 is 1.76 bits per heavy atom. The monoisotopic (exact) mass is 400 g/mol. The molecule has 4 rings (SSSR count). The summed E-state index contributed by atoms with van der Waals surface area (Å²) >= 11 is 0. The van der Waals surface area contributed by atoms with E-state index in [1.165, 1.54) is 6.07 Å². The van der Waals surface area contributed by atoms with Crippen LogP contribution in [0.5, 0.6) is 5.75 Å². The van der Waals surface area contributed by atoms with Crippen LogP contribution in [0.25, 0.3) is 0 Å². The van der Waals surface area contributed by atoms with Gasteiger partial charge in [0.2, 0.25) is 5.91 Å². The second-order valence-electron chi connectivity index (χ2n) is 7.65. The van der Waals surface area contributed by atoms with E-state index in [1.807, 2.05) is 29.2 Å². The van der Waals surface area contributed by atoms with E-state index in [0.717, 1.165) is 23.4 Å². The maximum absolute atomic E-state index is 14.1. The first kappa shape index (κ1) is 19.4. The van der Waals surface area contributed by atoms with E-state index < -0.39 is 17.5 Å². The van der Waals surface area contributed by atoms with Crippen molar-refractivity contribution in [2.75, 3.05) is 26.7 Å². The van der Waals surface area contributed by atoms with E-state index in [9.17, 15) is 18.4 Å². The zero-order valence-corrected chi connectivity index (χ0v) is 16.3. The number of fused-ring (bicyclic) bond motifs is 1. The van der Waals surface area contributed by atoms with Crippen LogP contribution in [0.3, 0.4) is 0 Å². The molecule has 2 aromatic carbocycles. The van der Waals surface area contributed by atoms with Crippen LogP contribution in [0.1, 0.15) is 28.9 Å². The molecule has 2 aliphatic rings. The van der Waals surface area contributed by atoms with E-state index in [-0.39, 0.29) is 29.3 Å². The standard InChI is InChI=1S/C22H22F2N2O3/c1-13(27)26-11-15-10-25(22(28)18-8-5-16(23)9-20(18)24)12-19(15)21(26)14-3-6-17(29-2)7-4-14/h3-9,15,19,21H,10-12H2,1-2H3/t15-,19-,21+/m1/s1. The van der Waals surface area contributed by atoms with Crippen LogP contribution in [0.4, 0.5) is 8.78 Å². The summed E-state index contributed by atoms with van der Waals surface area (Å²) in [6.07, 6.45) is 0. The Labute approximate surface area is 167 Å². The molecule has 29 heavy (non-hydrogen) atoms. The van der Waals surface area contributed by atoms with Crippen LogP contribution >= 0.6 is 0 Å². The number of likely N-dealkylation sites (tertiary alicyclic amines) is 2. The summed E-state index contributed by atoms with van der Waals surface area (Å²) < 4.78 is 32.5. The highest BCUT2D eigenvalue weighted by atomic mass is 19.1. The van der Waals surface area contributed by atoms with Crippen molar-refractivity contribution in [3.63, 3.8) is 0 Å². The van der Waals surface area contributed by atoms with Gasteiger partial charge in [-0.2, -0.15) is 0 Å². The smallest absolute Gasteiger partial charge is 0.256 e. The molecule has 152 valence electrons. The molecule has 7 heteroatoms. The first-order chi connectivity index (χ1) is 13.9. The minimum absolute atomic E-state index is 0.0114. The summed E-state index contributed by atoms with van der Waals surface area (Å²) in [4.78, 5) is 28.5. The van der Waals surface area contributed by atoms with Gasteiger partial charge in [0.25, 0.3) is 5.91 Å². The third-order valence-electron chi connectivity index (χ3n) is 5.97. The van der Waals surface area contributed by atoms with E-state index >= 15 is 0 Å². The lowest BCUT2D eigenvalue weighted by atomic mass is 9.89. The number of hydrogen-bond donors (Lipinski definition) is 0. The Kier molecular flexibility index (Phi) is 4.98. The van der Waals surface area contributed by atoms with Crippen LogP contribution in [0.15, 0.2) is 42.5 Å². The summed E-state index contributed by atoms with van der Waals surface area (Å²) in [5, 5.41) is 0. The lowest BCUT2D eigenvalue weighted by Crippen LogP contribution is -2.36. The van der Waals surface area contributed by atoms with Gasteiger partial charge < -0.3 is 14.5 Å². The minimum Gasteiger partial charge on any atom is -0.497 e. The molecule has 5 nitrogen and oxygen atoms in total. The molecule has 0 spiro atoms. The quantitative estimate of drug-likeness (QED) is 0.795. The topological polar surface area (TPSA) is 49.9 Å². The second-order valence-corrected chi connectivity index (χ2v) is 7.65. The number of nitrogens with zero attached hydrogens (tertiary/aromatic N) is 2. The van der Waals surface area contributed by atoms with E-state index in [1.54, 1.807) is 18.9 Å². The maximum Gasteiger partial charge on any atom is 0.256 e. The average Bonchev–Trinajstić information content (AvgIpc) is 3.26. The Morgan fingerprint density at radius 3 is 2.38 bits per heavy atom. The molecule has 3 atom stereocenters. The summed E-state index contributed by atoms with van der Waals surface area (Å²) in [5.74, 6) is -1.13. The number of hydrogen-bond acceptors (Lipinski definition) is 3. The van der Waals surface area contributed by atoms with Crippen molar-refractivity contribution in [3.05, 3.63) is 65.2 Å². The van der Waals surface area contributed by atoms with E-state index in [2.05, 4.69) is 0 Å². The van der Waals surface area contributed by atoms with Gasteiger partial charge in [-0.3, -0.25) is 9.59 Å². The summed E-state index contributed by atoms with van der Waals surface area (Å²) in [6, 6.07) is 10.4. The molecule has 0 unspecified atom stereocenters. The lowest BCUT2D eigenvalue weighted by Gasteiger charge is -2.29. The van der Waals surface area contributed by atoms with Gasteiger partial charge in [0, 0.05) is 44.5 Å². The summed E-state index contributed by atoms with van der Waals surface area (Å²) in [6.45, 7) is 2.96. The molecule has 0 aliphatic carbocycles. The van der Waals surface area contributed by atoms with Crippen molar-refractivity contribution >= 4 is 11.8 Å². The Balaban J connectivity index is 1.59. The number of carbonyl (C=O) groups excluding carboxylic acids is 2. The molecule has 2 amide bonds. The summed E-state index contributed by atoms with van der Waals surface area (Å²) in [7, 11) is 1.59. The SMILES string of the molecule is COc1ccc([C@H]2[C@@H]3CN(C(=O)c4ccc(F)cc4F)C[C@@H]3CN2C(C)=O)cc1. The average molecular weight is 400 g/mol. The van der Waals surface area contributed by atoms with Crippen LogP contribution in [-0.4, -0.2) is 48.4 Å². The molecular weight excluding hydrogens is 378 g/mol. The number of rotatable bonds is 3. The minimum atomic E-state index is -0.857. The van der Waals surface area contributed by atoms with Crippen LogP contribution in [0, 0.1) is 23.5 Å². The van der Waals surface area contributed by atoms with Crippen molar-refractivity contribution in [2.24, 2.45) is 11.8 Å². The highest BCUT2D eigenvalue weighted by Gasteiger charge is 2.49. The molecule has 2 aliphatic heterocycles. The zero-order valence-electron chi connectivity index (χ0n) is 16.3. The van der Waals surface area contributed by atoms with Gasteiger partial charge in [0.05, 0.1) is 18.7 Å². The molecule has 0 bridgehead atoms. The van der Waals surface area contributed by atoms with Crippen molar-refractivity contribution in [1.29, 1.82) is 0 Å². The number of carbonyl (C=O) groups is 2. The van der Waals surface area contributed by atoms with Gasteiger partial charge in [0.15, 0.2) is 0 Å². The first-order valence-corrected chi connectivity index (χ1v) is 9.54. The van der Waals surface area contributed by atoms with Crippen molar-refractivity contribution in [2.45, 2.75) is 13.0 Å². The van der Waals surface area contributed by atoms with Gasteiger partial charge in [-0.1, -0.05) is 12.1 Å². The largest absolute Gasteiger partial charge is 0.497 e. The van der Waals surface area contributed by atoms with Gasteiger partial charge in [-0.05, 0) is 29.8 Å². The third kappa shape index (κ3) is 3.45. The number of ether oxygens (including phenoxy) is 1. The molecule has 2 heterocycles. The highest BCUT2D eigenvalue weighted by molar-refractivity contribution is 5.94. The molecule has 2 aromatic rings. The lowest BCUT2D eigenvalue weighted by molar-refractivity contribution is -0.130. The fourth-order valence-electron chi connectivity index (χ4n) is 4.60. The summed E-state index contributed by atoms with van der Waals surface area (Å²) in [5.41, 5.74) is 0.853. The normalized spacial score (nSPS) is 23.2. The Bertz CT molecular complexity index is 948. The molecule has 2 fully saturated rings. The maximum atomic E-state index is 14.1. The van der Waals surface area contributed by atoms with E-state index in [4.69, 9.17) is 4.74 Å². The molecule has 0 aromatic heterocycles. The highest BCUT2D eigenvalue weighted by Crippen LogP contribution is 2.45. The fraction of sp³-hybridized carbons (Fsp3) is 0.364. The van der Waals surface area contributed by atoms with Gasteiger partial charge in [0.1, 0.15) is 17.4 Å². The molecular formula is C22H22F2N2O3. The van der Waals surface area contributed by atoms with Crippen molar-refractivity contribution in [1.82, 2.24) is 9.80 Å². The molecule has 0 radical (unpaired) electrons. The number of amides is 2. The van der Waals surface area contributed by atoms with Crippen molar-refractivity contribution < 1.29 is 23.1 Å². The Hall–Kier alpha value is -2.96. The van der Waals surface area contributed by atoms with Crippen LogP contribution in [0.2, 0.25) is 0 Å². The van der Waals surface area contributed by atoms with Gasteiger partial charge in [-0.25, -0.2) is 8.78 Å².